The molecule has 0 bridgehead atoms. The Balaban J connectivity index is 1.51. The van der Waals surface area contributed by atoms with Crippen LogP contribution in [0.2, 0.25) is 0 Å². The third-order valence-corrected chi connectivity index (χ3v) is 4.73. The van der Waals surface area contributed by atoms with Crippen LogP contribution in [-0.4, -0.2) is 17.9 Å². The molecule has 1 atom stereocenters. The molecule has 2 N–H and O–H groups in total. The monoisotopic (exact) mass is 452 g/mol. The lowest BCUT2D eigenvalue weighted by Gasteiger charge is -2.15. The molecule has 0 saturated carbocycles. The normalized spacial score (nSPS) is 11.4. The van der Waals surface area contributed by atoms with Crippen LogP contribution in [0.5, 0.6) is 5.75 Å². The summed E-state index contributed by atoms with van der Waals surface area (Å²) >= 11 is 3.36. The van der Waals surface area contributed by atoms with Gasteiger partial charge in [-0.05, 0) is 61.0 Å². The summed E-state index contributed by atoms with van der Waals surface area (Å²) in [5.74, 6) is 0.0986. The summed E-state index contributed by atoms with van der Waals surface area (Å²) in [7, 11) is 0. The van der Waals surface area contributed by atoms with Gasteiger partial charge in [0.25, 0.3) is 11.8 Å². The minimum atomic E-state index is -0.684. The van der Waals surface area contributed by atoms with Crippen LogP contribution in [0.25, 0.3) is 0 Å². The highest BCUT2D eigenvalue weighted by Gasteiger charge is 2.15. The first-order chi connectivity index (χ1) is 14.0. The van der Waals surface area contributed by atoms with E-state index in [1.54, 1.807) is 43.3 Å². The van der Waals surface area contributed by atoms with Gasteiger partial charge in [-0.2, -0.15) is 0 Å². The van der Waals surface area contributed by atoms with Gasteiger partial charge < -0.3 is 15.4 Å². The fourth-order valence-electron chi connectivity index (χ4n) is 2.60. The van der Waals surface area contributed by atoms with E-state index in [4.69, 9.17) is 4.74 Å². The maximum absolute atomic E-state index is 12.3. The average molecular weight is 453 g/mol. The van der Waals surface area contributed by atoms with Crippen LogP contribution in [0.3, 0.4) is 0 Å². The minimum absolute atomic E-state index is 0.165. The first-order valence-corrected chi connectivity index (χ1v) is 9.96. The van der Waals surface area contributed by atoms with E-state index in [2.05, 4.69) is 26.6 Å². The number of halogens is 1. The summed E-state index contributed by atoms with van der Waals surface area (Å²) in [6, 6.07) is 23.7. The Bertz CT molecular complexity index is 958. The Morgan fingerprint density at radius 2 is 1.59 bits per heavy atom. The van der Waals surface area contributed by atoms with E-state index in [9.17, 15) is 9.59 Å². The highest BCUT2D eigenvalue weighted by atomic mass is 79.9. The molecule has 5 nitrogen and oxygen atoms in total. The molecule has 3 aromatic rings. The van der Waals surface area contributed by atoms with Gasteiger partial charge in [0.2, 0.25) is 0 Å². The molecule has 0 saturated heterocycles. The van der Waals surface area contributed by atoms with Crippen LogP contribution in [0.1, 0.15) is 22.8 Å². The number of ether oxygens (including phenoxy) is 1. The minimum Gasteiger partial charge on any atom is -0.481 e. The molecule has 0 aromatic heterocycles. The van der Waals surface area contributed by atoms with Gasteiger partial charge in [0.15, 0.2) is 6.10 Å². The molecule has 0 heterocycles. The first kappa shape index (κ1) is 20.6. The molecule has 0 aliphatic rings. The van der Waals surface area contributed by atoms with Crippen molar-refractivity contribution in [1.29, 1.82) is 0 Å². The van der Waals surface area contributed by atoms with Gasteiger partial charge >= 0.3 is 0 Å². The third-order valence-electron chi connectivity index (χ3n) is 4.21. The van der Waals surface area contributed by atoms with Gasteiger partial charge in [-0.25, -0.2) is 0 Å². The number of nitrogens with one attached hydrogen (secondary N) is 2. The summed E-state index contributed by atoms with van der Waals surface area (Å²) in [6.45, 7) is 2.14. The number of amides is 2. The molecule has 0 aliphatic heterocycles. The van der Waals surface area contributed by atoms with Crippen molar-refractivity contribution in [3.63, 3.8) is 0 Å². The van der Waals surface area contributed by atoms with Crippen LogP contribution >= 0.6 is 15.9 Å². The van der Waals surface area contributed by atoms with E-state index in [1.807, 2.05) is 42.5 Å². The van der Waals surface area contributed by atoms with E-state index in [0.717, 1.165) is 10.0 Å². The van der Waals surface area contributed by atoms with Crippen molar-refractivity contribution in [2.75, 3.05) is 5.32 Å². The van der Waals surface area contributed by atoms with Crippen molar-refractivity contribution in [2.45, 2.75) is 19.6 Å². The van der Waals surface area contributed by atoms with E-state index >= 15 is 0 Å². The summed E-state index contributed by atoms with van der Waals surface area (Å²) in [4.78, 5) is 24.6. The molecule has 0 unspecified atom stereocenters. The molecule has 0 radical (unpaired) electrons. The number of carbonyl (C=O) groups excluding carboxylic acids is 2. The molecule has 29 heavy (non-hydrogen) atoms. The average Bonchev–Trinajstić information content (AvgIpc) is 2.75. The van der Waals surface area contributed by atoms with Gasteiger partial charge in [-0.1, -0.05) is 46.3 Å². The zero-order valence-corrected chi connectivity index (χ0v) is 17.5. The lowest BCUT2D eigenvalue weighted by atomic mass is 10.2. The van der Waals surface area contributed by atoms with Crippen molar-refractivity contribution in [3.05, 3.63) is 94.5 Å². The highest BCUT2D eigenvalue weighted by Crippen LogP contribution is 2.17. The fourth-order valence-corrected chi connectivity index (χ4v) is 2.86. The largest absolute Gasteiger partial charge is 0.481 e. The molecule has 0 aliphatic carbocycles. The summed E-state index contributed by atoms with van der Waals surface area (Å²) < 4.78 is 6.62. The van der Waals surface area contributed by atoms with E-state index < -0.39 is 6.10 Å². The second-order valence-corrected chi connectivity index (χ2v) is 7.36. The van der Waals surface area contributed by atoms with Crippen LogP contribution < -0.4 is 15.4 Å². The molecule has 0 spiro atoms. The third kappa shape index (κ3) is 6.19. The number of rotatable bonds is 7. The molecule has 3 aromatic carbocycles. The lowest BCUT2D eigenvalue weighted by molar-refractivity contribution is -0.122. The van der Waals surface area contributed by atoms with Crippen molar-refractivity contribution >= 4 is 33.4 Å². The Labute approximate surface area is 178 Å². The Kier molecular flexibility index (Phi) is 7.03. The SMILES string of the molecule is C[C@@H](Oc1ccc(C(=O)NCc2ccccc2)cc1)C(=O)Nc1ccc(Br)cc1. The lowest BCUT2D eigenvalue weighted by Crippen LogP contribution is -2.30. The zero-order chi connectivity index (χ0) is 20.6. The van der Waals surface area contributed by atoms with Crippen molar-refractivity contribution in [2.24, 2.45) is 0 Å². The molecular formula is C23H21BrN2O3. The number of anilines is 1. The molecular weight excluding hydrogens is 432 g/mol. The van der Waals surface area contributed by atoms with Gasteiger partial charge in [-0.15, -0.1) is 0 Å². The van der Waals surface area contributed by atoms with Gasteiger partial charge in [0, 0.05) is 22.3 Å². The number of benzene rings is 3. The van der Waals surface area contributed by atoms with Crippen molar-refractivity contribution in [3.8, 4) is 5.75 Å². The number of carbonyl (C=O) groups is 2. The highest BCUT2D eigenvalue weighted by molar-refractivity contribution is 9.10. The Morgan fingerprint density at radius 3 is 2.24 bits per heavy atom. The van der Waals surface area contributed by atoms with Gasteiger partial charge in [-0.3, -0.25) is 9.59 Å². The number of hydrogen-bond acceptors (Lipinski definition) is 3. The summed E-state index contributed by atoms with van der Waals surface area (Å²) in [6.07, 6.45) is -0.684. The second kappa shape index (κ2) is 9.89. The predicted molar refractivity (Wildman–Crippen MR) is 117 cm³/mol. The van der Waals surface area contributed by atoms with Crippen LogP contribution in [0.15, 0.2) is 83.3 Å². The van der Waals surface area contributed by atoms with Crippen molar-refractivity contribution in [1.82, 2.24) is 5.32 Å². The molecule has 3 rings (SSSR count). The quantitative estimate of drug-likeness (QED) is 0.541. The van der Waals surface area contributed by atoms with Gasteiger partial charge in [0.05, 0.1) is 0 Å². The molecule has 2 amide bonds. The van der Waals surface area contributed by atoms with E-state index in [0.29, 0.717) is 23.5 Å². The Morgan fingerprint density at radius 1 is 0.931 bits per heavy atom. The second-order valence-electron chi connectivity index (χ2n) is 6.45. The van der Waals surface area contributed by atoms with Crippen LogP contribution in [0.4, 0.5) is 5.69 Å². The fraction of sp³-hybridized carbons (Fsp3) is 0.130. The summed E-state index contributed by atoms with van der Waals surface area (Å²) in [5.41, 5.74) is 2.26. The molecule has 0 fully saturated rings. The Hall–Kier alpha value is -3.12. The topological polar surface area (TPSA) is 67.4 Å². The van der Waals surface area contributed by atoms with Gasteiger partial charge in [0.1, 0.15) is 5.75 Å². The van der Waals surface area contributed by atoms with E-state index in [1.165, 1.54) is 0 Å². The van der Waals surface area contributed by atoms with Crippen LogP contribution in [0, 0.1) is 0 Å². The summed E-state index contributed by atoms with van der Waals surface area (Å²) in [5, 5.41) is 5.68. The van der Waals surface area contributed by atoms with Crippen molar-refractivity contribution < 1.29 is 14.3 Å². The first-order valence-electron chi connectivity index (χ1n) is 9.16. The van der Waals surface area contributed by atoms with Crippen LogP contribution in [-0.2, 0) is 11.3 Å². The maximum Gasteiger partial charge on any atom is 0.265 e. The molecule has 148 valence electrons. The van der Waals surface area contributed by atoms with E-state index in [-0.39, 0.29) is 11.8 Å². The zero-order valence-electron chi connectivity index (χ0n) is 15.9. The molecule has 6 heteroatoms. The maximum atomic E-state index is 12.3. The number of hydrogen-bond donors (Lipinski definition) is 2. The predicted octanol–water partition coefficient (Wildman–Crippen LogP) is 4.79. The smallest absolute Gasteiger partial charge is 0.265 e. The standard InChI is InChI=1S/C23H21BrN2O3/c1-16(22(27)26-20-11-9-19(24)10-12-20)29-21-13-7-18(8-14-21)23(28)25-15-17-5-3-2-4-6-17/h2-14,16H,15H2,1H3,(H,25,28)(H,26,27)/t16-/m1/s1.